The van der Waals surface area contributed by atoms with Gasteiger partial charge in [-0.25, -0.2) is 4.98 Å². The molecule has 0 amide bonds. The van der Waals surface area contributed by atoms with Crippen LogP contribution in [-0.4, -0.2) is 22.7 Å². The Morgan fingerprint density at radius 1 is 1.47 bits per heavy atom. The van der Waals surface area contributed by atoms with Crippen LogP contribution in [0.3, 0.4) is 0 Å². The lowest BCUT2D eigenvalue weighted by Crippen LogP contribution is -2.30. The summed E-state index contributed by atoms with van der Waals surface area (Å²) in [5, 5.41) is 13.1. The van der Waals surface area contributed by atoms with Crippen molar-refractivity contribution in [3.63, 3.8) is 0 Å². The molecule has 1 aromatic heterocycles. The smallest absolute Gasteiger partial charge is 0.149 e. The Morgan fingerprint density at radius 3 is 3.00 bits per heavy atom. The van der Waals surface area contributed by atoms with E-state index in [1.54, 1.807) is 6.20 Å². The van der Waals surface area contributed by atoms with Gasteiger partial charge in [0, 0.05) is 18.7 Å². The van der Waals surface area contributed by atoms with Crippen LogP contribution in [0.25, 0.3) is 0 Å². The van der Waals surface area contributed by atoms with Crippen molar-refractivity contribution < 1.29 is 5.11 Å². The average Bonchev–Trinajstić information content (AvgIpc) is 2.33. The quantitative estimate of drug-likeness (QED) is 0.748. The van der Waals surface area contributed by atoms with Gasteiger partial charge in [0.25, 0.3) is 0 Å². The second-order valence-corrected chi connectivity index (χ2v) is 4.88. The molecular formula is C13H21N3O. The first-order valence-corrected chi connectivity index (χ1v) is 6.31. The molecule has 0 saturated heterocycles. The molecule has 94 valence electrons. The van der Waals surface area contributed by atoms with Crippen molar-refractivity contribution in [3.05, 3.63) is 17.8 Å². The molecular weight excluding hydrogens is 214 g/mol. The van der Waals surface area contributed by atoms with Crippen molar-refractivity contribution in [1.82, 2.24) is 4.98 Å². The van der Waals surface area contributed by atoms with Crippen molar-refractivity contribution in [1.29, 1.82) is 0 Å². The van der Waals surface area contributed by atoms with E-state index in [9.17, 15) is 5.11 Å². The van der Waals surface area contributed by atoms with Crippen LogP contribution < -0.4 is 11.1 Å². The van der Waals surface area contributed by atoms with E-state index < -0.39 is 0 Å². The summed E-state index contributed by atoms with van der Waals surface area (Å²) in [5.41, 5.74) is 7.69. The maximum absolute atomic E-state index is 9.88. The first-order valence-electron chi connectivity index (χ1n) is 6.31. The zero-order valence-corrected chi connectivity index (χ0v) is 10.3. The second-order valence-electron chi connectivity index (χ2n) is 4.88. The number of nitrogens with one attached hydrogen (secondary N) is 1. The molecule has 1 aliphatic carbocycles. The van der Waals surface area contributed by atoms with Crippen molar-refractivity contribution in [2.45, 2.75) is 38.7 Å². The third kappa shape index (κ3) is 2.88. The minimum absolute atomic E-state index is 0.178. The van der Waals surface area contributed by atoms with Crippen LogP contribution in [0.2, 0.25) is 0 Å². The fourth-order valence-electron chi connectivity index (χ4n) is 2.36. The van der Waals surface area contributed by atoms with Crippen molar-refractivity contribution >= 4 is 11.5 Å². The Bertz CT molecular complexity index is 381. The van der Waals surface area contributed by atoms with Crippen LogP contribution in [0.15, 0.2) is 12.3 Å². The van der Waals surface area contributed by atoms with E-state index in [1.165, 1.54) is 6.42 Å². The second kappa shape index (κ2) is 5.36. The largest absolute Gasteiger partial charge is 0.396 e. The highest BCUT2D eigenvalue weighted by Gasteiger charge is 2.22. The molecule has 4 heteroatoms. The summed E-state index contributed by atoms with van der Waals surface area (Å²) in [7, 11) is 0. The van der Waals surface area contributed by atoms with Crippen molar-refractivity contribution in [2.75, 3.05) is 17.6 Å². The predicted octanol–water partition coefficient (Wildman–Crippen LogP) is 1.94. The summed E-state index contributed by atoms with van der Waals surface area (Å²) in [6, 6.07) is 1.90. The standard InChI is InChI=1S/C13H21N3O/c1-9-6-7-15-13(12(9)14)16-8-10-4-2-3-5-11(10)17/h6-7,10-11,17H,2-5,8,14H2,1H3,(H,15,16). The number of hydrogen-bond donors (Lipinski definition) is 3. The van der Waals surface area contributed by atoms with E-state index in [0.29, 0.717) is 11.6 Å². The van der Waals surface area contributed by atoms with Crippen LogP contribution in [0.5, 0.6) is 0 Å². The number of aryl methyl sites for hydroxylation is 1. The topological polar surface area (TPSA) is 71.2 Å². The van der Waals surface area contributed by atoms with Crippen LogP contribution in [-0.2, 0) is 0 Å². The number of aromatic nitrogens is 1. The molecule has 0 aromatic carbocycles. The minimum Gasteiger partial charge on any atom is -0.396 e. The van der Waals surface area contributed by atoms with Crippen LogP contribution in [0, 0.1) is 12.8 Å². The zero-order chi connectivity index (χ0) is 12.3. The fourth-order valence-corrected chi connectivity index (χ4v) is 2.36. The highest BCUT2D eigenvalue weighted by Crippen LogP contribution is 2.25. The zero-order valence-electron chi connectivity index (χ0n) is 10.3. The van der Waals surface area contributed by atoms with Crippen molar-refractivity contribution in [2.24, 2.45) is 5.92 Å². The number of anilines is 2. The van der Waals surface area contributed by atoms with E-state index >= 15 is 0 Å². The molecule has 0 bridgehead atoms. The number of pyridine rings is 1. The van der Waals surface area contributed by atoms with Gasteiger partial charge in [-0.3, -0.25) is 0 Å². The molecule has 4 nitrogen and oxygen atoms in total. The number of nitrogens with two attached hydrogens (primary N) is 1. The third-order valence-electron chi connectivity index (χ3n) is 3.61. The normalized spacial score (nSPS) is 24.6. The summed E-state index contributed by atoms with van der Waals surface area (Å²) in [6.45, 7) is 2.72. The van der Waals surface area contributed by atoms with Gasteiger partial charge >= 0.3 is 0 Å². The summed E-state index contributed by atoms with van der Waals surface area (Å²) in [4.78, 5) is 4.23. The van der Waals surface area contributed by atoms with E-state index in [1.807, 2.05) is 13.0 Å². The van der Waals surface area contributed by atoms with Gasteiger partial charge < -0.3 is 16.2 Å². The average molecular weight is 235 g/mol. The predicted molar refractivity (Wildman–Crippen MR) is 69.8 cm³/mol. The van der Waals surface area contributed by atoms with Crippen LogP contribution in [0.4, 0.5) is 11.5 Å². The van der Waals surface area contributed by atoms with Gasteiger partial charge in [-0.15, -0.1) is 0 Å². The molecule has 1 aromatic rings. The lowest BCUT2D eigenvalue weighted by atomic mass is 9.86. The molecule has 2 unspecified atom stereocenters. The lowest BCUT2D eigenvalue weighted by Gasteiger charge is -2.28. The highest BCUT2D eigenvalue weighted by atomic mass is 16.3. The molecule has 0 spiro atoms. The Kier molecular flexibility index (Phi) is 3.84. The van der Waals surface area contributed by atoms with Gasteiger partial charge in [0.05, 0.1) is 11.8 Å². The Labute approximate surface area is 102 Å². The summed E-state index contributed by atoms with van der Waals surface area (Å²) >= 11 is 0. The van der Waals surface area contributed by atoms with Gasteiger partial charge in [0.15, 0.2) is 0 Å². The van der Waals surface area contributed by atoms with Crippen molar-refractivity contribution in [3.8, 4) is 0 Å². The lowest BCUT2D eigenvalue weighted by molar-refractivity contribution is 0.0763. The number of aliphatic hydroxyl groups is 1. The first kappa shape index (κ1) is 12.2. The van der Waals surface area contributed by atoms with E-state index in [4.69, 9.17) is 5.73 Å². The third-order valence-corrected chi connectivity index (χ3v) is 3.61. The van der Waals surface area contributed by atoms with Gasteiger partial charge in [0.1, 0.15) is 5.82 Å². The summed E-state index contributed by atoms with van der Waals surface area (Å²) in [5.74, 6) is 1.06. The molecule has 1 aliphatic rings. The van der Waals surface area contributed by atoms with Gasteiger partial charge in [-0.1, -0.05) is 12.8 Å². The maximum atomic E-state index is 9.88. The number of aliphatic hydroxyl groups excluding tert-OH is 1. The molecule has 2 atom stereocenters. The number of rotatable bonds is 3. The van der Waals surface area contributed by atoms with Crippen LogP contribution >= 0.6 is 0 Å². The molecule has 0 radical (unpaired) electrons. The monoisotopic (exact) mass is 235 g/mol. The molecule has 1 fully saturated rings. The SMILES string of the molecule is Cc1ccnc(NCC2CCCCC2O)c1N. The highest BCUT2D eigenvalue weighted by molar-refractivity contribution is 5.64. The molecule has 0 aliphatic heterocycles. The van der Waals surface area contributed by atoms with Gasteiger partial charge in [-0.05, 0) is 31.4 Å². The van der Waals surface area contributed by atoms with E-state index in [2.05, 4.69) is 10.3 Å². The molecule has 2 rings (SSSR count). The molecule has 1 saturated carbocycles. The Morgan fingerprint density at radius 2 is 2.24 bits per heavy atom. The fraction of sp³-hybridized carbons (Fsp3) is 0.615. The Hall–Kier alpha value is -1.29. The van der Waals surface area contributed by atoms with Gasteiger partial charge in [-0.2, -0.15) is 0 Å². The molecule has 4 N–H and O–H groups in total. The van der Waals surface area contributed by atoms with Gasteiger partial charge in [0.2, 0.25) is 0 Å². The number of nitrogen functional groups attached to an aromatic ring is 1. The summed E-state index contributed by atoms with van der Waals surface area (Å²) in [6.07, 6.45) is 5.93. The van der Waals surface area contributed by atoms with E-state index in [0.717, 1.165) is 37.2 Å². The first-order chi connectivity index (χ1) is 8.18. The molecule has 1 heterocycles. The number of nitrogens with zero attached hydrogens (tertiary/aromatic N) is 1. The summed E-state index contributed by atoms with van der Waals surface area (Å²) < 4.78 is 0. The molecule has 17 heavy (non-hydrogen) atoms. The van der Waals surface area contributed by atoms with E-state index in [-0.39, 0.29) is 6.10 Å². The van der Waals surface area contributed by atoms with Crippen LogP contribution in [0.1, 0.15) is 31.2 Å². The minimum atomic E-state index is -0.178. The number of hydrogen-bond acceptors (Lipinski definition) is 4. The maximum Gasteiger partial charge on any atom is 0.149 e. The Balaban J connectivity index is 1.95.